The summed E-state index contributed by atoms with van der Waals surface area (Å²) < 4.78 is 5.20. The van der Waals surface area contributed by atoms with Crippen LogP contribution in [0.1, 0.15) is 17.4 Å². The standard InChI is InChI=1S/C11H17N5O2/c1-2-12-10-4-3-9(13-14-10)11(17)15-16-5-7-18-8-6-16/h3-4H,2,5-8H2,1H3,(H,12,14)(H,15,17). The molecule has 0 aromatic carbocycles. The van der Waals surface area contributed by atoms with Crippen LogP contribution in [0.2, 0.25) is 0 Å². The molecule has 2 rings (SSSR count). The Morgan fingerprint density at radius 1 is 1.39 bits per heavy atom. The zero-order valence-corrected chi connectivity index (χ0v) is 10.3. The Morgan fingerprint density at radius 2 is 2.17 bits per heavy atom. The smallest absolute Gasteiger partial charge is 0.286 e. The van der Waals surface area contributed by atoms with E-state index in [1.54, 1.807) is 12.1 Å². The van der Waals surface area contributed by atoms with Gasteiger partial charge in [-0.1, -0.05) is 0 Å². The van der Waals surface area contributed by atoms with E-state index in [9.17, 15) is 4.79 Å². The number of hydrazine groups is 1. The van der Waals surface area contributed by atoms with Gasteiger partial charge in [-0.25, -0.2) is 5.01 Å². The number of nitrogens with zero attached hydrogens (tertiary/aromatic N) is 3. The van der Waals surface area contributed by atoms with E-state index in [-0.39, 0.29) is 5.91 Å². The predicted molar refractivity (Wildman–Crippen MR) is 66.1 cm³/mol. The molecule has 1 saturated heterocycles. The number of carbonyl (C=O) groups excluding carboxylic acids is 1. The van der Waals surface area contributed by atoms with Gasteiger partial charge in [0.1, 0.15) is 5.82 Å². The van der Waals surface area contributed by atoms with Gasteiger partial charge >= 0.3 is 0 Å². The summed E-state index contributed by atoms with van der Waals surface area (Å²) in [5.74, 6) is 0.424. The number of rotatable bonds is 4. The summed E-state index contributed by atoms with van der Waals surface area (Å²) in [6, 6.07) is 3.39. The summed E-state index contributed by atoms with van der Waals surface area (Å²) in [4.78, 5) is 11.9. The lowest BCUT2D eigenvalue weighted by Crippen LogP contribution is -2.48. The molecule has 18 heavy (non-hydrogen) atoms. The lowest BCUT2D eigenvalue weighted by Gasteiger charge is -2.26. The molecule has 98 valence electrons. The first kappa shape index (κ1) is 12.7. The third kappa shape index (κ3) is 3.38. The molecule has 0 aliphatic carbocycles. The van der Waals surface area contributed by atoms with Gasteiger partial charge in [-0.05, 0) is 19.1 Å². The van der Waals surface area contributed by atoms with Crippen molar-refractivity contribution < 1.29 is 9.53 Å². The van der Waals surface area contributed by atoms with Gasteiger partial charge in [-0.3, -0.25) is 10.2 Å². The molecule has 0 radical (unpaired) electrons. The summed E-state index contributed by atoms with van der Waals surface area (Å²) >= 11 is 0. The Hall–Kier alpha value is -1.73. The second kappa shape index (κ2) is 6.27. The zero-order chi connectivity index (χ0) is 12.8. The maximum absolute atomic E-state index is 11.9. The predicted octanol–water partition coefficient (Wildman–Crippen LogP) is -0.115. The van der Waals surface area contributed by atoms with Gasteiger partial charge in [0, 0.05) is 19.6 Å². The monoisotopic (exact) mass is 251 g/mol. The normalized spacial score (nSPS) is 16.3. The first-order valence-electron chi connectivity index (χ1n) is 6.01. The van der Waals surface area contributed by atoms with Crippen molar-refractivity contribution in [3.8, 4) is 0 Å². The van der Waals surface area contributed by atoms with Gasteiger partial charge < -0.3 is 10.1 Å². The zero-order valence-electron chi connectivity index (χ0n) is 10.3. The van der Waals surface area contributed by atoms with E-state index < -0.39 is 0 Å². The number of aromatic nitrogens is 2. The molecule has 0 spiro atoms. The number of anilines is 1. The van der Waals surface area contributed by atoms with Gasteiger partial charge in [-0.2, -0.15) is 0 Å². The Bertz CT molecular complexity index is 389. The molecule has 1 aliphatic rings. The van der Waals surface area contributed by atoms with Crippen molar-refractivity contribution in [3.05, 3.63) is 17.8 Å². The minimum atomic E-state index is -0.243. The number of carbonyl (C=O) groups is 1. The van der Waals surface area contributed by atoms with Crippen molar-refractivity contribution in [2.24, 2.45) is 0 Å². The Labute approximate surface area is 105 Å². The van der Waals surface area contributed by atoms with Crippen molar-refractivity contribution in [2.75, 3.05) is 38.2 Å². The highest BCUT2D eigenvalue weighted by molar-refractivity contribution is 5.91. The van der Waals surface area contributed by atoms with Crippen LogP contribution >= 0.6 is 0 Å². The average Bonchev–Trinajstić information content (AvgIpc) is 2.41. The number of morpholine rings is 1. The fourth-order valence-corrected chi connectivity index (χ4v) is 1.60. The van der Waals surface area contributed by atoms with E-state index in [4.69, 9.17) is 4.74 Å². The minimum Gasteiger partial charge on any atom is -0.379 e. The van der Waals surface area contributed by atoms with Crippen LogP contribution in [0.15, 0.2) is 12.1 Å². The topological polar surface area (TPSA) is 79.4 Å². The van der Waals surface area contributed by atoms with Crippen LogP contribution in [0.3, 0.4) is 0 Å². The third-order valence-electron chi connectivity index (χ3n) is 2.53. The van der Waals surface area contributed by atoms with Crippen LogP contribution in [-0.4, -0.2) is 54.0 Å². The quantitative estimate of drug-likeness (QED) is 0.777. The van der Waals surface area contributed by atoms with Crippen molar-refractivity contribution in [1.29, 1.82) is 0 Å². The Kier molecular flexibility index (Phi) is 4.43. The van der Waals surface area contributed by atoms with E-state index in [2.05, 4.69) is 20.9 Å². The Morgan fingerprint density at radius 3 is 2.78 bits per heavy atom. The molecule has 0 atom stereocenters. The molecule has 0 saturated carbocycles. The highest BCUT2D eigenvalue weighted by Crippen LogP contribution is 2.02. The van der Waals surface area contributed by atoms with Gasteiger partial charge in [-0.15, -0.1) is 10.2 Å². The number of hydrogen-bond acceptors (Lipinski definition) is 6. The molecular weight excluding hydrogens is 234 g/mol. The molecule has 1 fully saturated rings. The van der Waals surface area contributed by atoms with Crippen molar-refractivity contribution in [1.82, 2.24) is 20.6 Å². The van der Waals surface area contributed by atoms with Gasteiger partial charge in [0.15, 0.2) is 5.69 Å². The molecule has 0 bridgehead atoms. The van der Waals surface area contributed by atoms with Crippen LogP contribution in [0.5, 0.6) is 0 Å². The van der Waals surface area contributed by atoms with Crippen LogP contribution in [0, 0.1) is 0 Å². The molecule has 7 heteroatoms. The first-order valence-corrected chi connectivity index (χ1v) is 6.01. The second-order valence-electron chi connectivity index (χ2n) is 3.87. The van der Waals surface area contributed by atoms with Crippen molar-refractivity contribution >= 4 is 11.7 Å². The van der Waals surface area contributed by atoms with Gasteiger partial charge in [0.05, 0.1) is 13.2 Å². The molecule has 1 aromatic heterocycles. The van der Waals surface area contributed by atoms with Crippen molar-refractivity contribution in [2.45, 2.75) is 6.92 Å². The largest absolute Gasteiger partial charge is 0.379 e. The summed E-state index contributed by atoms with van der Waals surface area (Å²) in [5, 5.41) is 12.6. The second-order valence-corrected chi connectivity index (χ2v) is 3.87. The Balaban J connectivity index is 1.91. The maximum Gasteiger partial charge on any atom is 0.286 e. The summed E-state index contributed by atoms with van der Waals surface area (Å²) in [6.45, 7) is 5.38. The number of nitrogens with one attached hydrogen (secondary N) is 2. The molecule has 0 unspecified atom stereocenters. The molecule has 7 nitrogen and oxygen atoms in total. The van der Waals surface area contributed by atoms with E-state index >= 15 is 0 Å². The van der Waals surface area contributed by atoms with Crippen LogP contribution in [0.25, 0.3) is 0 Å². The minimum absolute atomic E-state index is 0.243. The fourth-order valence-electron chi connectivity index (χ4n) is 1.60. The van der Waals surface area contributed by atoms with Crippen molar-refractivity contribution in [3.63, 3.8) is 0 Å². The lowest BCUT2D eigenvalue weighted by atomic mass is 10.3. The third-order valence-corrected chi connectivity index (χ3v) is 2.53. The maximum atomic E-state index is 11.9. The van der Waals surface area contributed by atoms with E-state index in [0.717, 1.165) is 6.54 Å². The van der Waals surface area contributed by atoms with Crippen LogP contribution in [0.4, 0.5) is 5.82 Å². The molecular formula is C11H17N5O2. The molecule has 2 heterocycles. The fraction of sp³-hybridized carbons (Fsp3) is 0.545. The number of hydrogen-bond donors (Lipinski definition) is 2. The highest BCUT2D eigenvalue weighted by Gasteiger charge is 2.15. The highest BCUT2D eigenvalue weighted by atomic mass is 16.5. The molecule has 1 aromatic rings. The van der Waals surface area contributed by atoms with E-state index in [1.165, 1.54) is 0 Å². The number of ether oxygens (including phenoxy) is 1. The summed E-state index contributed by atoms with van der Waals surface area (Å²) in [5.41, 5.74) is 3.09. The van der Waals surface area contributed by atoms with Crippen LogP contribution in [-0.2, 0) is 4.74 Å². The summed E-state index contributed by atoms with van der Waals surface area (Å²) in [6.07, 6.45) is 0. The van der Waals surface area contributed by atoms with Gasteiger partial charge in [0.2, 0.25) is 0 Å². The molecule has 2 N–H and O–H groups in total. The van der Waals surface area contributed by atoms with E-state index in [1.807, 2.05) is 11.9 Å². The van der Waals surface area contributed by atoms with Gasteiger partial charge in [0.25, 0.3) is 5.91 Å². The number of amides is 1. The van der Waals surface area contributed by atoms with Crippen LogP contribution < -0.4 is 10.7 Å². The first-order chi connectivity index (χ1) is 8.79. The lowest BCUT2D eigenvalue weighted by molar-refractivity contribution is 0.0124. The summed E-state index contributed by atoms with van der Waals surface area (Å²) in [7, 11) is 0. The average molecular weight is 251 g/mol. The SMILES string of the molecule is CCNc1ccc(C(=O)NN2CCOCC2)nn1. The molecule has 1 amide bonds. The molecule has 1 aliphatic heterocycles. The van der Waals surface area contributed by atoms with E-state index in [0.29, 0.717) is 37.8 Å².